The Labute approximate surface area is 255 Å². The summed E-state index contributed by atoms with van der Waals surface area (Å²) in [6.45, 7) is 1.60. The van der Waals surface area contributed by atoms with Gasteiger partial charge in [0.25, 0.3) is 10.5 Å². The summed E-state index contributed by atoms with van der Waals surface area (Å²) in [6.07, 6.45) is 11.6. The van der Waals surface area contributed by atoms with Gasteiger partial charge in [0.1, 0.15) is 11.5 Å². The Morgan fingerprint density at radius 2 is 0.929 bits per heavy atom. The maximum atomic E-state index is 11.5. The van der Waals surface area contributed by atoms with E-state index in [1.807, 2.05) is 48.5 Å². The van der Waals surface area contributed by atoms with E-state index in [2.05, 4.69) is 10.6 Å². The standard InChI is InChI=1S/2C16H19NO3S/c2*18-15-14(21-16(19)17-15)9-11-5-7-13(8-6-11)20-10-12-3-1-2-4-12/h2*5-8,12,14H,1-4,9-10H2,(H,17,18,19). The fourth-order valence-corrected chi connectivity index (χ4v) is 7.43. The highest BCUT2D eigenvalue weighted by molar-refractivity contribution is 8.15. The van der Waals surface area contributed by atoms with Gasteiger partial charge in [-0.2, -0.15) is 0 Å². The second kappa shape index (κ2) is 15.0. The number of carbonyl (C=O) groups excluding carboxylic acids is 4. The van der Waals surface area contributed by atoms with Gasteiger partial charge in [-0.05, 0) is 85.8 Å². The quantitative estimate of drug-likeness (QED) is 0.323. The molecule has 2 aliphatic carbocycles. The molecule has 224 valence electrons. The van der Waals surface area contributed by atoms with Crippen LogP contribution in [0.2, 0.25) is 0 Å². The Morgan fingerprint density at radius 1 is 0.571 bits per heavy atom. The van der Waals surface area contributed by atoms with E-state index in [9.17, 15) is 19.2 Å². The number of imide groups is 2. The largest absolute Gasteiger partial charge is 0.493 e. The van der Waals surface area contributed by atoms with Crippen LogP contribution in [0.5, 0.6) is 11.5 Å². The summed E-state index contributed by atoms with van der Waals surface area (Å²) < 4.78 is 11.6. The molecular weight excluding hydrogens is 572 g/mol. The fraction of sp³-hybridized carbons (Fsp3) is 0.500. The molecule has 2 saturated carbocycles. The number of thioether (sulfide) groups is 2. The Hall–Kier alpha value is -2.98. The van der Waals surface area contributed by atoms with Crippen LogP contribution in [0.3, 0.4) is 0 Å². The molecule has 10 heteroatoms. The summed E-state index contributed by atoms with van der Waals surface area (Å²) in [5.41, 5.74) is 2.09. The molecule has 2 N–H and O–H groups in total. The van der Waals surface area contributed by atoms with Crippen molar-refractivity contribution in [3.8, 4) is 11.5 Å². The summed E-state index contributed by atoms with van der Waals surface area (Å²) in [5.74, 6) is 2.79. The van der Waals surface area contributed by atoms with Crippen LogP contribution in [0.15, 0.2) is 48.5 Å². The molecule has 2 aromatic carbocycles. The molecule has 2 unspecified atom stereocenters. The second-order valence-electron chi connectivity index (χ2n) is 11.4. The summed E-state index contributed by atoms with van der Waals surface area (Å²) in [5, 5.41) is 3.52. The van der Waals surface area contributed by atoms with Crippen molar-refractivity contribution in [1.82, 2.24) is 10.6 Å². The van der Waals surface area contributed by atoms with Crippen molar-refractivity contribution >= 4 is 45.8 Å². The zero-order valence-corrected chi connectivity index (χ0v) is 25.3. The van der Waals surface area contributed by atoms with E-state index in [4.69, 9.17) is 9.47 Å². The maximum Gasteiger partial charge on any atom is 0.286 e. The number of amides is 4. The van der Waals surface area contributed by atoms with Crippen LogP contribution >= 0.6 is 23.5 Å². The van der Waals surface area contributed by atoms with Crippen molar-refractivity contribution in [2.75, 3.05) is 13.2 Å². The van der Waals surface area contributed by atoms with Crippen LogP contribution in [-0.4, -0.2) is 46.0 Å². The fourth-order valence-electron chi connectivity index (χ4n) is 5.71. The minimum atomic E-state index is -0.303. The molecule has 4 aliphatic rings. The van der Waals surface area contributed by atoms with E-state index in [-0.39, 0.29) is 32.8 Å². The molecule has 2 atom stereocenters. The Kier molecular flexibility index (Phi) is 10.9. The average molecular weight is 611 g/mol. The topological polar surface area (TPSA) is 111 Å². The first-order valence-electron chi connectivity index (χ1n) is 14.9. The Balaban J connectivity index is 0.000000168. The number of nitrogens with one attached hydrogen (secondary N) is 2. The summed E-state index contributed by atoms with van der Waals surface area (Å²) in [6, 6.07) is 15.7. The van der Waals surface area contributed by atoms with Crippen molar-refractivity contribution in [2.45, 2.75) is 74.7 Å². The zero-order chi connectivity index (χ0) is 29.3. The van der Waals surface area contributed by atoms with E-state index >= 15 is 0 Å². The van der Waals surface area contributed by atoms with Crippen LogP contribution in [0, 0.1) is 11.8 Å². The van der Waals surface area contributed by atoms with Gasteiger partial charge < -0.3 is 9.47 Å². The normalized spacial score (nSPS) is 22.6. The van der Waals surface area contributed by atoms with Crippen LogP contribution < -0.4 is 20.1 Å². The van der Waals surface area contributed by atoms with Gasteiger partial charge in [-0.3, -0.25) is 29.8 Å². The highest BCUT2D eigenvalue weighted by Crippen LogP contribution is 2.28. The molecule has 4 fully saturated rings. The van der Waals surface area contributed by atoms with Gasteiger partial charge in [-0.15, -0.1) is 0 Å². The van der Waals surface area contributed by atoms with Crippen LogP contribution in [0.1, 0.15) is 62.5 Å². The minimum Gasteiger partial charge on any atom is -0.493 e. The number of hydrogen-bond donors (Lipinski definition) is 2. The molecule has 2 aliphatic heterocycles. The molecule has 0 radical (unpaired) electrons. The first kappa shape index (κ1) is 30.5. The van der Waals surface area contributed by atoms with Gasteiger partial charge in [-0.25, -0.2) is 0 Å². The second-order valence-corrected chi connectivity index (χ2v) is 13.7. The van der Waals surface area contributed by atoms with E-state index in [0.29, 0.717) is 24.7 Å². The van der Waals surface area contributed by atoms with Crippen molar-refractivity contribution in [3.05, 3.63) is 59.7 Å². The molecule has 2 heterocycles. The van der Waals surface area contributed by atoms with Gasteiger partial charge >= 0.3 is 0 Å². The SMILES string of the molecule is O=C1NC(=O)C(Cc2ccc(OCC3CCCC3)cc2)S1.O=C1NC(=O)C(Cc2ccc(OCC3CCCC3)cc2)S1. The van der Waals surface area contributed by atoms with Crippen molar-refractivity contribution in [2.24, 2.45) is 11.8 Å². The molecule has 42 heavy (non-hydrogen) atoms. The zero-order valence-electron chi connectivity index (χ0n) is 23.7. The molecule has 6 rings (SSSR count). The monoisotopic (exact) mass is 610 g/mol. The first-order chi connectivity index (χ1) is 20.4. The van der Waals surface area contributed by atoms with Crippen molar-refractivity contribution in [1.29, 1.82) is 0 Å². The summed E-state index contributed by atoms with van der Waals surface area (Å²) in [4.78, 5) is 45.3. The van der Waals surface area contributed by atoms with Crippen LogP contribution in [-0.2, 0) is 22.4 Å². The lowest BCUT2D eigenvalue weighted by Gasteiger charge is -2.12. The third-order valence-electron chi connectivity index (χ3n) is 8.14. The highest BCUT2D eigenvalue weighted by Gasteiger charge is 2.32. The van der Waals surface area contributed by atoms with Gasteiger partial charge in [0.2, 0.25) is 11.8 Å². The van der Waals surface area contributed by atoms with Crippen LogP contribution in [0.4, 0.5) is 9.59 Å². The molecule has 2 aromatic rings. The van der Waals surface area contributed by atoms with Gasteiger partial charge in [0.15, 0.2) is 0 Å². The molecular formula is C32H38N2O6S2. The van der Waals surface area contributed by atoms with Gasteiger partial charge in [0.05, 0.1) is 23.7 Å². The molecule has 0 aromatic heterocycles. The Bertz CT molecular complexity index is 1140. The molecule has 0 bridgehead atoms. The van der Waals surface area contributed by atoms with E-state index in [0.717, 1.165) is 59.4 Å². The van der Waals surface area contributed by atoms with Gasteiger partial charge in [0, 0.05) is 0 Å². The molecule has 2 saturated heterocycles. The summed E-state index contributed by atoms with van der Waals surface area (Å²) in [7, 11) is 0. The average Bonchev–Trinajstić information content (AvgIpc) is 3.79. The highest BCUT2D eigenvalue weighted by atomic mass is 32.2. The lowest BCUT2D eigenvalue weighted by molar-refractivity contribution is -0.119. The first-order valence-corrected chi connectivity index (χ1v) is 16.6. The molecule has 8 nitrogen and oxygen atoms in total. The minimum absolute atomic E-state index is 0.188. The van der Waals surface area contributed by atoms with Gasteiger partial charge in [-0.1, -0.05) is 73.5 Å². The lowest BCUT2D eigenvalue weighted by Crippen LogP contribution is -2.25. The maximum absolute atomic E-state index is 11.5. The number of rotatable bonds is 10. The van der Waals surface area contributed by atoms with E-state index < -0.39 is 0 Å². The van der Waals surface area contributed by atoms with Crippen molar-refractivity contribution in [3.63, 3.8) is 0 Å². The molecule has 0 spiro atoms. The Morgan fingerprint density at radius 3 is 1.24 bits per heavy atom. The number of hydrogen-bond acceptors (Lipinski definition) is 8. The molecule has 4 amide bonds. The predicted molar refractivity (Wildman–Crippen MR) is 165 cm³/mol. The predicted octanol–water partition coefficient (Wildman–Crippen LogP) is 6.30. The number of ether oxygens (including phenoxy) is 2. The van der Waals surface area contributed by atoms with E-state index in [1.54, 1.807) is 0 Å². The number of benzene rings is 2. The van der Waals surface area contributed by atoms with Crippen LogP contribution in [0.25, 0.3) is 0 Å². The van der Waals surface area contributed by atoms with Crippen molar-refractivity contribution < 1.29 is 28.7 Å². The third kappa shape index (κ3) is 9.01. The lowest BCUT2D eigenvalue weighted by atomic mass is 10.1. The third-order valence-corrected chi connectivity index (χ3v) is 10.1. The smallest absolute Gasteiger partial charge is 0.286 e. The summed E-state index contributed by atoms with van der Waals surface area (Å²) >= 11 is 2.14. The van der Waals surface area contributed by atoms with E-state index in [1.165, 1.54) is 51.4 Å². The number of carbonyl (C=O) groups is 4.